The summed E-state index contributed by atoms with van der Waals surface area (Å²) in [5, 5.41) is 19.4. The molecule has 0 fully saturated rings. The minimum absolute atomic E-state index is 0.311. The van der Waals surface area contributed by atoms with E-state index in [4.69, 9.17) is 5.10 Å². The molecule has 0 aromatic heterocycles. The molecule has 0 unspecified atom stereocenters. The lowest BCUT2D eigenvalue weighted by molar-refractivity contribution is 0.471. The highest BCUT2D eigenvalue weighted by Gasteiger charge is 2.27. The molecule has 1 N–H and O–H groups in total. The van der Waals surface area contributed by atoms with Gasteiger partial charge < -0.3 is 5.11 Å². The van der Waals surface area contributed by atoms with Crippen molar-refractivity contribution in [3.63, 3.8) is 0 Å². The van der Waals surface area contributed by atoms with Crippen LogP contribution in [0.15, 0.2) is 64.0 Å². The number of aliphatic imine (C=N–C) groups is 1. The van der Waals surface area contributed by atoms with Crippen LogP contribution in [0.4, 0.5) is 0 Å². The van der Waals surface area contributed by atoms with E-state index in [1.54, 1.807) is 17.8 Å². The number of aryl methyl sites for hydroxylation is 1. The van der Waals surface area contributed by atoms with Crippen LogP contribution in [0.3, 0.4) is 0 Å². The first-order valence-electron chi connectivity index (χ1n) is 7.82. The summed E-state index contributed by atoms with van der Waals surface area (Å²) in [7, 11) is 0. The second-order valence-corrected chi connectivity index (χ2v) is 6.70. The average molecular weight is 335 g/mol. The fraction of sp³-hybridized carbons (Fsp3) is 0.158. The molecule has 0 saturated carbocycles. The Morgan fingerprint density at radius 3 is 2.79 bits per heavy atom. The molecule has 2 aliphatic heterocycles. The molecule has 2 heterocycles. The third kappa shape index (κ3) is 2.83. The third-order valence-electron chi connectivity index (χ3n) is 4.07. The van der Waals surface area contributed by atoms with E-state index in [-0.39, 0.29) is 0 Å². The summed E-state index contributed by atoms with van der Waals surface area (Å²) >= 11 is 1.59. The molecule has 0 bridgehead atoms. The molecule has 2 aromatic rings. The predicted octanol–water partition coefficient (Wildman–Crippen LogP) is 4.02. The van der Waals surface area contributed by atoms with Gasteiger partial charge in [0, 0.05) is 17.4 Å². The number of hydrazone groups is 1. The smallest absolute Gasteiger partial charge is 0.189 e. The van der Waals surface area contributed by atoms with Crippen molar-refractivity contribution in [3.05, 3.63) is 70.6 Å². The van der Waals surface area contributed by atoms with Gasteiger partial charge in [0.2, 0.25) is 0 Å². The number of phenols is 1. The predicted molar refractivity (Wildman–Crippen MR) is 100 cm³/mol. The summed E-state index contributed by atoms with van der Waals surface area (Å²) in [6.07, 6.45) is 0.806. The first-order valence-corrected chi connectivity index (χ1v) is 8.70. The zero-order valence-corrected chi connectivity index (χ0v) is 14.1. The number of amidine groups is 1. The molecule has 0 radical (unpaired) electrons. The molecule has 2 aromatic carbocycles. The SMILES string of the molecule is Cc1cc(C2=CSC3=NCC(Cc4ccccc4)=NN23)ccc1O. The van der Waals surface area contributed by atoms with Crippen LogP contribution in [0.5, 0.6) is 5.75 Å². The van der Waals surface area contributed by atoms with Crippen molar-refractivity contribution in [2.24, 2.45) is 10.1 Å². The van der Waals surface area contributed by atoms with Crippen molar-refractivity contribution >= 4 is 28.3 Å². The zero-order valence-electron chi connectivity index (χ0n) is 13.3. The van der Waals surface area contributed by atoms with Crippen LogP contribution in [0, 0.1) is 6.92 Å². The lowest BCUT2D eigenvalue weighted by Gasteiger charge is -2.22. The number of benzene rings is 2. The van der Waals surface area contributed by atoms with E-state index in [0.29, 0.717) is 12.3 Å². The third-order valence-corrected chi connectivity index (χ3v) is 4.92. The van der Waals surface area contributed by atoms with Crippen molar-refractivity contribution in [3.8, 4) is 5.75 Å². The van der Waals surface area contributed by atoms with Crippen molar-refractivity contribution in [2.75, 3.05) is 6.54 Å². The molecule has 120 valence electrons. The normalized spacial score (nSPS) is 16.4. The second-order valence-electron chi connectivity index (χ2n) is 5.86. The Bertz CT molecular complexity index is 871. The van der Waals surface area contributed by atoms with E-state index in [0.717, 1.165) is 34.1 Å². The summed E-state index contributed by atoms with van der Waals surface area (Å²) in [5.41, 5.74) is 5.19. The minimum atomic E-state index is 0.311. The van der Waals surface area contributed by atoms with Crippen LogP contribution >= 0.6 is 11.8 Å². The fourth-order valence-corrected chi connectivity index (χ4v) is 3.60. The van der Waals surface area contributed by atoms with Crippen molar-refractivity contribution in [1.29, 1.82) is 0 Å². The highest BCUT2D eigenvalue weighted by Crippen LogP contribution is 2.36. The first-order chi connectivity index (χ1) is 11.7. The van der Waals surface area contributed by atoms with Crippen LogP contribution in [0.25, 0.3) is 5.70 Å². The average Bonchev–Trinajstić information content (AvgIpc) is 3.01. The Morgan fingerprint density at radius 2 is 2.00 bits per heavy atom. The van der Waals surface area contributed by atoms with Gasteiger partial charge >= 0.3 is 0 Å². The molecule has 0 atom stereocenters. The number of aromatic hydroxyl groups is 1. The maximum Gasteiger partial charge on any atom is 0.189 e. The minimum Gasteiger partial charge on any atom is -0.508 e. The highest BCUT2D eigenvalue weighted by atomic mass is 32.2. The van der Waals surface area contributed by atoms with Gasteiger partial charge in [-0.1, -0.05) is 42.1 Å². The van der Waals surface area contributed by atoms with E-state index >= 15 is 0 Å². The first kappa shape index (κ1) is 15.0. The summed E-state index contributed by atoms with van der Waals surface area (Å²) in [4.78, 5) is 4.66. The van der Waals surface area contributed by atoms with Crippen molar-refractivity contribution in [1.82, 2.24) is 5.01 Å². The van der Waals surface area contributed by atoms with Gasteiger partial charge in [0.1, 0.15) is 5.75 Å². The van der Waals surface area contributed by atoms with Crippen LogP contribution in [0.1, 0.15) is 16.7 Å². The van der Waals surface area contributed by atoms with E-state index < -0.39 is 0 Å². The Kier molecular flexibility index (Phi) is 3.86. The quantitative estimate of drug-likeness (QED) is 0.922. The van der Waals surface area contributed by atoms with E-state index in [9.17, 15) is 5.11 Å². The Balaban J connectivity index is 1.61. The zero-order chi connectivity index (χ0) is 16.5. The van der Waals surface area contributed by atoms with Gasteiger partial charge in [0.05, 0.1) is 18.0 Å². The van der Waals surface area contributed by atoms with E-state index in [1.165, 1.54) is 5.56 Å². The molecule has 5 heteroatoms. The molecular weight excluding hydrogens is 318 g/mol. The number of fused-ring (bicyclic) bond motifs is 1. The van der Waals surface area contributed by atoms with Gasteiger partial charge in [-0.3, -0.25) is 4.99 Å². The van der Waals surface area contributed by atoms with E-state index in [2.05, 4.69) is 22.5 Å². The molecule has 4 nitrogen and oxygen atoms in total. The summed E-state index contributed by atoms with van der Waals surface area (Å²) in [5.74, 6) is 0.311. The number of phenolic OH excluding ortho intramolecular Hbond substituents is 1. The summed E-state index contributed by atoms with van der Waals surface area (Å²) in [6.45, 7) is 2.54. The number of nitrogens with zero attached hydrogens (tertiary/aromatic N) is 3. The topological polar surface area (TPSA) is 48.2 Å². The van der Waals surface area contributed by atoms with Crippen LogP contribution in [-0.4, -0.2) is 27.5 Å². The molecule has 0 spiro atoms. The Hall–Kier alpha value is -2.53. The number of thioether (sulfide) groups is 1. The number of hydrogen-bond donors (Lipinski definition) is 1. The molecule has 0 amide bonds. The Morgan fingerprint density at radius 1 is 1.17 bits per heavy atom. The van der Waals surface area contributed by atoms with Crippen LogP contribution in [0.2, 0.25) is 0 Å². The van der Waals surface area contributed by atoms with Crippen molar-refractivity contribution in [2.45, 2.75) is 13.3 Å². The standard InChI is InChI=1S/C19H17N3OS/c1-13-9-15(7-8-18(13)23)17-12-24-19-20-11-16(21-22(17)19)10-14-5-3-2-4-6-14/h2-9,12,23H,10-11H2,1H3. The van der Waals surface area contributed by atoms with Gasteiger partial charge in [0.25, 0.3) is 0 Å². The summed E-state index contributed by atoms with van der Waals surface area (Å²) in [6, 6.07) is 16.0. The van der Waals surface area contributed by atoms with Gasteiger partial charge in [-0.05, 0) is 36.2 Å². The molecule has 0 aliphatic carbocycles. The fourth-order valence-electron chi connectivity index (χ4n) is 2.77. The molecule has 2 aliphatic rings. The number of hydrogen-bond acceptors (Lipinski definition) is 5. The Labute approximate surface area is 145 Å². The lowest BCUT2D eigenvalue weighted by Crippen LogP contribution is -2.27. The van der Waals surface area contributed by atoms with Gasteiger partial charge in [-0.2, -0.15) is 5.10 Å². The highest BCUT2D eigenvalue weighted by molar-refractivity contribution is 8.16. The molecular formula is C19H17N3OS. The largest absolute Gasteiger partial charge is 0.508 e. The summed E-state index contributed by atoms with van der Waals surface area (Å²) < 4.78 is 0. The molecule has 4 rings (SSSR count). The lowest BCUT2D eigenvalue weighted by atomic mass is 10.1. The van der Waals surface area contributed by atoms with Crippen molar-refractivity contribution < 1.29 is 5.11 Å². The van der Waals surface area contributed by atoms with Gasteiger partial charge in [-0.15, -0.1) is 0 Å². The monoisotopic (exact) mass is 335 g/mol. The number of rotatable bonds is 3. The molecule has 24 heavy (non-hydrogen) atoms. The van der Waals surface area contributed by atoms with Gasteiger partial charge in [0.15, 0.2) is 5.17 Å². The van der Waals surface area contributed by atoms with E-state index in [1.807, 2.05) is 42.3 Å². The maximum absolute atomic E-state index is 9.74. The maximum atomic E-state index is 9.74. The van der Waals surface area contributed by atoms with Crippen LogP contribution < -0.4 is 0 Å². The second kappa shape index (κ2) is 6.17. The van der Waals surface area contributed by atoms with Gasteiger partial charge in [-0.25, -0.2) is 5.01 Å². The van der Waals surface area contributed by atoms with Crippen LogP contribution in [-0.2, 0) is 6.42 Å². The molecule has 0 saturated heterocycles.